The van der Waals surface area contributed by atoms with E-state index in [0.717, 1.165) is 17.8 Å². The van der Waals surface area contributed by atoms with Crippen molar-refractivity contribution in [1.29, 1.82) is 0 Å². The smallest absolute Gasteiger partial charge is 0.266 e. The van der Waals surface area contributed by atoms with Gasteiger partial charge in [0.1, 0.15) is 5.82 Å². The van der Waals surface area contributed by atoms with Gasteiger partial charge in [-0.25, -0.2) is 22.7 Å². The van der Waals surface area contributed by atoms with Gasteiger partial charge in [0.2, 0.25) is 5.91 Å². The molecule has 10 nitrogen and oxygen atoms in total. The van der Waals surface area contributed by atoms with E-state index in [1.807, 2.05) is 0 Å². The summed E-state index contributed by atoms with van der Waals surface area (Å²) < 4.78 is 27.0. The van der Waals surface area contributed by atoms with Crippen LogP contribution < -0.4 is 20.9 Å². The van der Waals surface area contributed by atoms with E-state index in [1.165, 1.54) is 39.9 Å². The average molecular weight is 467 g/mol. The summed E-state index contributed by atoms with van der Waals surface area (Å²) in [6.45, 7) is 1.97. The van der Waals surface area contributed by atoms with Gasteiger partial charge in [0.25, 0.3) is 15.6 Å². The lowest BCUT2D eigenvalue weighted by Gasteiger charge is -2.19. The molecular weight excluding hydrogens is 448 g/mol. The number of aromatic amines is 1. The summed E-state index contributed by atoms with van der Waals surface area (Å²) in [6, 6.07) is 7.00. The number of nitrogens with zero attached hydrogens (tertiary/aromatic N) is 3. The van der Waals surface area contributed by atoms with E-state index in [0.29, 0.717) is 10.8 Å². The Bertz CT molecular complexity index is 1180. The zero-order valence-electron chi connectivity index (χ0n) is 15.7. The van der Waals surface area contributed by atoms with E-state index in [9.17, 15) is 18.0 Å². The van der Waals surface area contributed by atoms with Crippen molar-refractivity contribution >= 4 is 55.7 Å². The van der Waals surface area contributed by atoms with E-state index < -0.39 is 15.6 Å². The molecule has 0 saturated heterocycles. The van der Waals surface area contributed by atoms with Crippen molar-refractivity contribution in [1.82, 2.24) is 15.0 Å². The van der Waals surface area contributed by atoms with Gasteiger partial charge in [-0.05, 0) is 31.2 Å². The standard InChI is InChI=1S/C17H18N6O4S3/c1-2-23(17-19-7-8-28-17)30(26,27)12-5-3-11(4-6-12)20-15(25)10-29-16-21-13(18)9-14(24)22-16/h3-9H,2,10H2,1H3,(H,20,25)(H3,18,21,22,24). The number of rotatable bonds is 8. The van der Waals surface area contributed by atoms with Crippen LogP contribution in [-0.2, 0) is 14.8 Å². The van der Waals surface area contributed by atoms with E-state index in [4.69, 9.17) is 5.73 Å². The Hall–Kier alpha value is -2.90. The summed E-state index contributed by atoms with van der Waals surface area (Å²) in [7, 11) is -3.76. The largest absolute Gasteiger partial charge is 0.383 e. The van der Waals surface area contributed by atoms with Gasteiger partial charge in [-0.2, -0.15) is 0 Å². The Balaban J connectivity index is 1.65. The summed E-state index contributed by atoms with van der Waals surface area (Å²) in [5.74, 6) is -0.295. The van der Waals surface area contributed by atoms with Crippen LogP contribution in [0.1, 0.15) is 6.92 Å². The van der Waals surface area contributed by atoms with Crippen molar-refractivity contribution < 1.29 is 13.2 Å². The number of nitrogen functional groups attached to an aromatic ring is 1. The minimum atomic E-state index is -3.76. The van der Waals surface area contributed by atoms with E-state index in [1.54, 1.807) is 18.5 Å². The van der Waals surface area contributed by atoms with Gasteiger partial charge in [0.05, 0.1) is 10.6 Å². The molecule has 13 heteroatoms. The zero-order valence-corrected chi connectivity index (χ0v) is 18.2. The van der Waals surface area contributed by atoms with Gasteiger partial charge < -0.3 is 16.0 Å². The van der Waals surface area contributed by atoms with Gasteiger partial charge in [0, 0.05) is 29.9 Å². The highest BCUT2D eigenvalue weighted by atomic mass is 32.2. The molecule has 0 aliphatic heterocycles. The lowest BCUT2D eigenvalue weighted by atomic mass is 10.3. The topological polar surface area (TPSA) is 151 Å². The molecule has 0 atom stereocenters. The number of carbonyl (C=O) groups excluding carboxylic acids is 1. The summed E-state index contributed by atoms with van der Waals surface area (Å²) in [5.41, 5.74) is 5.53. The Morgan fingerprint density at radius 1 is 1.33 bits per heavy atom. The zero-order chi connectivity index (χ0) is 21.7. The summed E-state index contributed by atoms with van der Waals surface area (Å²) in [6.07, 6.45) is 1.55. The lowest BCUT2D eigenvalue weighted by Crippen LogP contribution is -2.30. The minimum absolute atomic E-state index is 0.0138. The van der Waals surface area contributed by atoms with E-state index in [2.05, 4.69) is 20.3 Å². The molecule has 0 saturated carbocycles. The fraction of sp³-hybridized carbons (Fsp3) is 0.176. The van der Waals surface area contributed by atoms with Gasteiger partial charge >= 0.3 is 0 Å². The first-order valence-electron chi connectivity index (χ1n) is 8.61. The van der Waals surface area contributed by atoms with Gasteiger partial charge in [-0.15, -0.1) is 11.3 Å². The van der Waals surface area contributed by atoms with E-state index in [-0.39, 0.29) is 34.1 Å². The molecule has 4 N–H and O–H groups in total. The van der Waals surface area contributed by atoms with Gasteiger partial charge in [-0.3, -0.25) is 9.59 Å². The highest BCUT2D eigenvalue weighted by Gasteiger charge is 2.25. The number of nitrogens with one attached hydrogen (secondary N) is 2. The third-order valence-corrected chi connectivity index (χ3v) is 7.39. The summed E-state index contributed by atoms with van der Waals surface area (Å²) >= 11 is 2.26. The average Bonchev–Trinajstić information content (AvgIpc) is 3.21. The van der Waals surface area contributed by atoms with Crippen LogP contribution in [-0.4, -0.2) is 41.6 Å². The molecule has 0 aliphatic rings. The van der Waals surface area contributed by atoms with Gasteiger partial charge in [-0.1, -0.05) is 11.8 Å². The second-order valence-electron chi connectivity index (χ2n) is 5.82. The third-order valence-electron chi connectivity index (χ3n) is 3.73. The van der Waals surface area contributed by atoms with Crippen LogP contribution in [0.4, 0.5) is 16.6 Å². The summed E-state index contributed by atoms with van der Waals surface area (Å²) in [5, 5.41) is 4.99. The fourth-order valence-electron chi connectivity index (χ4n) is 2.44. The van der Waals surface area contributed by atoms with Crippen LogP contribution >= 0.6 is 23.1 Å². The number of nitrogens with two attached hydrogens (primary N) is 1. The molecule has 30 heavy (non-hydrogen) atoms. The highest BCUT2D eigenvalue weighted by Crippen LogP contribution is 2.26. The lowest BCUT2D eigenvalue weighted by molar-refractivity contribution is -0.113. The number of hydrogen-bond acceptors (Lipinski definition) is 9. The van der Waals surface area contributed by atoms with Crippen LogP contribution in [0.15, 0.2) is 56.8 Å². The van der Waals surface area contributed by atoms with Crippen LogP contribution in [0, 0.1) is 0 Å². The monoisotopic (exact) mass is 466 g/mol. The number of benzene rings is 1. The third kappa shape index (κ3) is 5.17. The van der Waals surface area contributed by atoms with Crippen molar-refractivity contribution in [3.8, 4) is 0 Å². The first kappa shape index (κ1) is 21.8. The number of carbonyl (C=O) groups is 1. The number of thiazole rings is 1. The predicted molar refractivity (Wildman–Crippen MR) is 117 cm³/mol. The van der Waals surface area contributed by atoms with Crippen molar-refractivity contribution in [3.63, 3.8) is 0 Å². The molecule has 0 aliphatic carbocycles. The molecule has 1 aromatic carbocycles. The second kappa shape index (κ2) is 9.28. The Labute approximate surface area is 180 Å². The SMILES string of the molecule is CCN(c1nccs1)S(=O)(=O)c1ccc(NC(=O)CSc2nc(N)cc(=O)[nH]2)cc1. The molecule has 0 unspecified atom stereocenters. The first-order chi connectivity index (χ1) is 14.3. The number of sulfonamides is 1. The maximum Gasteiger partial charge on any atom is 0.266 e. The number of anilines is 3. The second-order valence-corrected chi connectivity index (χ2v) is 9.52. The normalized spacial score (nSPS) is 11.2. The Morgan fingerprint density at radius 2 is 2.07 bits per heavy atom. The van der Waals surface area contributed by atoms with Crippen LogP contribution in [0.5, 0.6) is 0 Å². The minimum Gasteiger partial charge on any atom is -0.383 e. The first-order valence-corrected chi connectivity index (χ1v) is 11.9. The highest BCUT2D eigenvalue weighted by molar-refractivity contribution is 7.99. The molecule has 0 spiro atoms. The Morgan fingerprint density at radius 3 is 2.67 bits per heavy atom. The molecule has 0 bridgehead atoms. The number of H-pyrrole nitrogens is 1. The van der Waals surface area contributed by atoms with E-state index >= 15 is 0 Å². The summed E-state index contributed by atoms with van der Waals surface area (Å²) in [4.78, 5) is 34.1. The maximum atomic E-state index is 12.9. The molecule has 0 radical (unpaired) electrons. The molecule has 3 rings (SSSR count). The van der Waals surface area contributed by atoms with Crippen LogP contribution in [0.2, 0.25) is 0 Å². The predicted octanol–water partition coefficient (Wildman–Crippen LogP) is 1.75. The van der Waals surface area contributed by atoms with Crippen molar-refractivity contribution in [2.45, 2.75) is 17.0 Å². The number of amides is 1. The van der Waals surface area contributed by atoms with Gasteiger partial charge in [0.15, 0.2) is 10.3 Å². The molecule has 3 aromatic rings. The molecule has 2 heterocycles. The van der Waals surface area contributed by atoms with Crippen molar-refractivity contribution in [2.24, 2.45) is 0 Å². The molecule has 2 aromatic heterocycles. The van der Waals surface area contributed by atoms with Crippen LogP contribution in [0.25, 0.3) is 0 Å². The molecule has 158 valence electrons. The molecule has 1 amide bonds. The maximum absolute atomic E-state index is 12.9. The molecule has 0 fully saturated rings. The Kier molecular flexibility index (Phi) is 6.74. The number of hydrogen-bond donors (Lipinski definition) is 3. The quantitative estimate of drug-likeness (QED) is 0.335. The number of aromatic nitrogens is 3. The van der Waals surface area contributed by atoms with Crippen molar-refractivity contribution in [2.75, 3.05) is 27.7 Å². The number of thioether (sulfide) groups is 1. The molecular formula is C17H18N6O4S3. The fourth-order valence-corrected chi connectivity index (χ4v) is 5.48. The van der Waals surface area contributed by atoms with Crippen LogP contribution in [0.3, 0.4) is 0 Å². The van der Waals surface area contributed by atoms with Crippen molar-refractivity contribution in [3.05, 3.63) is 52.3 Å².